The van der Waals surface area contributed by atoms with Crippen molar-refractivity contribution in [3.63, 3.8) is 0 Å². The minimum absolute atomic E-state index is 0.0309. The van der Waals surface area contributed by atoms with Gasteiger partial charge in [0.25, 0.3) is 0 Å². The fraction of sp³-hybridized carbons (Fsp3) is 0.647. The van der Waals surface area contributed by atoms with Crippen LogP contribution in [0.2, 0.25) is 0 Å². The molecule has 1 atom stereocenters. The quantitative estimate of drug-likeness (QED) is 0.880. The third-order valence-electron chi connectivity index (χ3n) is 4.43. The Morgan fingerprint density at radius 2 is 2.09 bits per heavy atom. The average Bonchev–Trinajstić information content (AvgIpc) is 3.19. The summed E-state index contributed by atoms with van der Waals surface area (Å²) >= 11 is 0. The minimum atomic E-state index is 0.0309. The smallest absolute Gasteiger partial charge is 0.244 e. The molecular formula is C17H25N3O3. The van der Waals surface area contributed by atoms with E-state index in [0.717, 1.165) is 43.2 Å². The SMILES string of the molecule is Cc1ccoc1CNC(c1nc(C(C)C)no1)C1CCOCC1. The van der Waals surface area contributed by atoms with Gasteiger partial charge in [0.2, 0.25) is 5.89 Å². The molecule has 3 heterocycles. The molecular weight excluding hydrogens is 294 g/mol. The summed E-state index contributed by atoms with van der Waals surface area (Å²) in [6.07, 6.45) is 3.71. The van der Waals surface area contributed by atoms with E-state index >= 15 is 0 Å². The first-order chi connectivity index (χ1) is 11.1. The highest BCUT2D eigenvalue weighted by molar-refractivity contribution is 5.14. The van der Waals surface area contributed by atoms with Crippen LogP contribution in [0, 0.1) is 12.8 Å². The van der Waals surface area contributed by atoms with Crippen molar-refractivity contribution in [1.29, 1.82) is 0 Å². The summed E-state index contributed by atoms with van der Waals surface area (Å²) in [4.78, 5) is 4.60. The van der Waals surface area contributed by atoms with E-state index in [2.05, 4.69) is 29.3 Å². The number of furan rings is 1. The zero-order valence-electron chi connectivity index (χ0n) is 14.0. The Labute approximate surface area is 136 Å². The van der Waals surface area contributed by atoms with Crippen LogP contribution in [0.25, 0.3) is 0 Å². The molecule has 2 aromatic heterocycles. The third-order valence-corrected chi connectivity index (χ3v) is 4.43. The lowest BCUT2D eigenvalue weighted by Crippen LogP contribution is -2.32. The molecule has 0 aromatic carbocycles. The summed E-state index contributed by atoms with van der Waals surface area (Å²) in [6, 6.07) is 2.01. The van der Waals surface area contributed by atoms with Gasteiger partial charge in [-0.05, 0) is 37.3 Å². The van der Waals surface area contributed by atoms with Crippen LogP contribution >= 0.6 is 0 Å². The van der Waals surface area contributed by atoms with Gasteiger partial charge in [-0.15, -0.1) is 0 Å². The van der Waals surface area contributed by atoms with Gasteiger partial charge in [-0.2, -0.15) is 4.98 Å². The molecule has 3 rings (SSSR count). The Hall–Kier alpha value is -1.66. The topological polar surface area (TPSA) is 73.3 Å². The maximum Gasteiger partial charge on any atom is 0.244 e. The fourth-order valence-electron chi connectivity index (χ4n) is 2.90. The van der Waals surface area contributed by atoms with Crippen molar-refractivity contribution >= 4 is 0 Å². The van der Waals surface area contributed by atoms with Gasteiger partial charge in [0, 0.05) is 19.1 Å². The van der Waals surface area contributed by atoms with Crippen LogP contribution in [0.4, 0.5) is 0 Å². The second-order valence-corrected chi connectivity index (χ2v) is 6.48. The largest absolute Gasteiger partial charge is 0.468 e. The molecule has 6 heteroatoms. The highest BCUT2D eigenvalue weighted by Gasteiger charge is 2.30. The van der Waals surface area contributed by atoms with E-state index in [9.17, 15) is 0 Å². The molecule has 0 aliphatic carbocycles. The number of aryl methyl sites for hydroxylation is 1. The maximum atomic E-state index is 5.55. The van der Waals surface area contributed by atoms with Crippen LogP contribution in [0.5, 0.6) is 0 Å². The summed E-state index contributed by atoms with van der Waals surface area (Å²) in [5.41, 5.74) is 1.15. The molecule has 23 heavy (non-hydrogen) atoms. The van der Waals surface area contributed by atoms with Crippen LogP contribution < -0.4 is 5.32 Å². The highest BCUT2D eigenvalue weighted by Crippen LogP contribution is 2.30. The summed E-state index contributed by atoms with van der Waals surface area (Å²) in [5.74, 6) is 3.07. The van der Waals surface area contributed by atoms with E-state index in [-0.39, 0.29) is 12.0 Å². The first-order valence-corrected chi connectivity index (χ1v) is 8.32. The molecule has 1 aliphatic rings. The van der Waals surface area contributed by atoms with Gasteiger partial charge in [-0.25, -0.2) is 0 Å². The number of aromatic nitrogens is 2. The monoisotopic (exact) mass is 319 g/mol. The number of nitrogens with one attached hydrogen (secondary N) is 1. The molecule has 2 aromatic rings. The lowest BCUT2D eigenvalue weighted by molar-refractivity contribution is 0.0482. The first kappa shape index (κ1) is 16.2. The van der Waals surface area contributed by atoms with E-state index in [0.29, 0.717) is 18.4 Å². The van der Waals surface area contributed by atoms with Crippen molar-refractivity contribution < 1.29 is 13.7 Å². The highest BCUT2D eigenvalue weighted by atomic mass is 16.5. The molecule has 1 fully saturated rings. The van der Waals surface area contributed by atoms with Gasteiger partial charge in [0.1, 0.15) is 5.76 Å². The molecule has 0 bridgehead atoms. The summed E-state index contributed by atoms with van der Waals surface area (Å²) in [7, 11) is 0. The molecule has 1 saturated heterocycles. The van der Waals surface area contributed by atoms with Gasteiger partial charge in [-0.1, -0.05) is 19.0 Å². The zero-order valence-corrected chi connectivity index (χ0v) is 14.0. The number of nitrogens with zero attached hydrogens (tertiary/aromatic N) is 2. The Morgan fingerprint density at radius 1 is 1.30 bits per heavy atom. The van der Waals surface area contributed by atoms with Crippen molar-refractivity contribution in [3.8, 4) is 0 Å². The second-order valence-electron chi connectivity index (χ2n) is 6.48. The van der Waals surface area contributed by atoms with E-state index in [1.54, 1.807) is 6.26 Å². The van der Waals surface area contributed by atoms with Crippen LogP contribution in [0.1, 0.15) is 61.7 Å². The van der Waals surface area contributed by atoms with Crippen molar-refractivity contribution in [2.24, 2.45) is 5.92 Å². The summed E-state index contributed by atoms with van der Waals surface area (Å²) in [6.45, 7) is 8.41. The normalized spacial score (nSPS) is 17.7. The van der Waals surface area contributed by atoms with Crippen molar-refractivity contribution in [2.45, 2.75) is 52.1 Å². The van der Waals surface area contributed by atoms with Crippen LogP contribution in [0.3, 0.4) is 0 Å². The third kappa shape index (κ3) is 3.82. The molecule has 6 nitrogen and oxygen atoms in total. The van der Waals surface area contributed by atoms with Crippen LogP contribution in [-0.2, 0) is 11.3 Å². The lowest BCUT2D eigenvalue weighted by atomic mass is 9.91. The Balaban J connectivity index is 1.76. The van der Waals surface area contributed by atoms with E-state index in [1.807, 2.05) is 13.0 Å². The zero-order chi connectivity index (χ0) is 16.2. The van der Waals surface area contributed by atoms with Crippen LogP contribution in [0.15, 0.2) is 21.3 Å². The second kappa shape index (κ2) is 7.27. The standard InChI is InChI=1S/C17H25N3O3/c1-11(2)16-19-17(23-20-16)15(13-5-7-21-8-6-13)18-10-14-12(3)4-9-22-14/h4,9,11,13,15,18H,5-8,10H2,1-3H3. The van der Waals surface area contributed by atoms with E-state index in [4.69, 9.17) is 13.7 Å². The first-order valence-electron chi connectivity index (χ1n) is 8.32. The predicted octanol–water partition coefficient (Wildman–Crippen LogP) is 3.35. The van der Waals surface area contributed by atoms with Gasteiger partial charge < -0.3 is 13.7 Å². The Morgan fingerprint density at radius 3 is 2.70 bits per heavy atom. The summed E-state index contributed by atoms with van der Waals surface area (Å²) < 4.78 is 16.6. The summed E-state index contributed by atoms with van der Waals surface area (Å²) in [5, 5.41) is 7.67. The molecule has 1 aliphatic heterocycles. The van der Waals surface area contributed by atoms with Gasteiger partial charge in [-0.3, -0.25) is 5.32 Å². The molecule has 0 amide bonds. The lowest BCUT2D eigenvalue weighted by Gasteiger charge is -2.28. The fourth-order valence-corrected chi connectivity index (χ4v) is 2.90. The van der Waals surface area contributed by atoms with E-state index in [1.165, 1.54) is 0 Å². The number of ether oxygens (including phenoxy) is 1. The average molecular weight is 319 g/mol. The van der Waals surface area contributed by atoms with Gasteiger partial charge in [0.05, 0.1) is 18.8 Å². The molecule has 0 saturated carbocycles. The predicted molar refractivity (Wildman–Crippen MR) is 85.0 cm³/mol. The van der Waals surface area contributed by atoms with Gasteiger partial charge in [0.15, 0.2) is 5.82 Å². The number of hydrogen-bond acceptors (Lipinski definition) is 6. The molecule has 126 valence electrons. The molecule has 1 N–H and O–H groups in total. The van der Waals surface area contributed by atoms with Crippen LogP contribution in [-0.4, -0.2) is 23.4 Å². The van der Waals surface area contributed by atoms with Gasteiger partial charge >= 0.3 is 0 Å². The molecule has 0 radical (unpaired) electrons. The van der Waals surface area contributed by atoms with Crippen molar-refractivity contribution in [1.82, 2.24) is 15.5 Å². The van der Waals surface area contributed by atoms with Crippen molar-refractivity contribution in [2.75, 3.05) is 13.2 Å². The molecule has 0 spiro atoms. The Bertz CT molecular complexity index is 614. The number of rotatable bonds is 6. The Kier molecular flexibility index (Phi) is 5.13. The molecule has 1 unspecified atom stereocenters. The number of hydrogen-bond donors (Lipinski definition) is 1. The minimum Gasteiger partial charge on any atom is -0.468 e. The van der Waals surface area contributed by atoms with Crippen molar-refractivity contribution in [3.05, 3.63) is 35.4 Å². The van der Waals surface area contributed by atoms with E-state index < -0.39 is 0 Å². The maximum absolute atomic E-state index is 5.55.